The van der Waals surface area contributed by atoms with E-state index in [2.05, 4.69) is 15.0 Å². The molecule has 2 aromatic heterocycles. The van der Waals surface area contributed by atoms with Gasteiger partial charge in [0.15, 0.2) is 5.82 Å². The number of anilines is 1. The summed E-state index contributed by atoms with van der Waals surface area (Å²) in [6.45, 7) is 3.77. The van der Waals surface area contributed by atoms with Gasteiger partial charge < -0.3 is 9.72 Å². The van der Waals surface area contributed by atoms with Gasteiger partial charge >= 0.3 is 6.09 Å². The average Bonchev–Trinajstić information content (AvgIpc) is 2.95. The number of nitrogens with one attached hydrogen (secondary N) is 1. The largest absolute Gasteiger partial charge is 0.438 e. The molecule has 0 saturated carbocycles. The number of benzene rings is 1. The van der Waals surface area contributed by atoms with Crippen LogP contribution in [-0.4, -0.2) is 28.1 Å². The average molecular weight is 308 g/mol. The summed E-state index contributed by atoms with van der Waals surface area (Å²) in [6.07, 6.45) is 1.37. The number of amides is 1. The number of carbonyl (C=O) groups is 1. The van der Waals surface area contributed by atoms with Gasteiger partial charge in [0.05, 0.1) is 16.7 Å². The fourth-order valence-corrected chi connectivity index (χ4v) is 2.87. The Labute approximate surface area is 133 Å². The van der Waals surface area contributed by atoms with Crippen molar-refractivity contribution in [2.75, 3.05) is 11.9 Å². The lowest BCUT2D eigenvalue weighted by atomic mass is 9.94. The number of ether oxygens (including phenoxy) is 1. The molecule has 0 fully saturated rings. The molecule has 6 nitrogen and oxygen atoms in total. The first-order chi connectivity index (χ1) is 11.0. The summed E-state index contributed by atoms with van der Waals surface area (Å²) in [4.78, 5) is 25.7. The van der Waals surface area contributed by atoms with Crippen LogP contribution >= 0.6 is 0 Å². The van der Waals surface area contributed by atoms with E-state index in [-0.39, 0.29) is 6.09 Å². The summed E-state index contributed by atoms with van der Waals surface area (Å²) in [5.74, 6) is 0.704. The number of cyclic esters (lactones) is 1. The smallest absolute Gasteiger partial charge is 0.414 e. The Bertz CT molecular complexity index is 915. The van der Waals surface area contributed by atoms with Crippen LogP contribution in [0.4, 0.5) is 10.5 Å². The molecular weight excluding hydrogens is 292 g/mol. The SMILES string of the molecule is CN1C(=O)OC(C)(C)c2cc3[nH]c(-c4ccccn4)nc3cc21. The van der Waals surface area contributed by atoms with Gasteiger partial charge in [-0.3, -0.25) is 9.88 Å². The van der Waals surface area contributed by atoms with E-state index in [1.807, 2.05) is 44.2 Å². The summed E-state index contributed by atoms with van der Waals surface area (Å²) >= 11 is 0. The fourth-order valence-electron chi connectivity index (χ4n) is 2.87. The van der Waals surface area contributed by atoms with Crippen LogP contribution in [0, 0.1) is 0 Å². The molecule has 1 aliphatic heterocycles. The molecule has 1 amide bonds. The third-order valence-electron chi connectivity index (χ3n) is 4.13. The molecule has 4 rings (SSSR count). The molecule has 0 atom stereocenters. The zero-order valence-electron chi connectivity index (χ0n) is 13.1. The minimum Gasteiger partial charge on any atom is -0.438 e. The Hall–Kier alpha value is -2.89. The summed E-state index contributed by atoms with van der Waals surface area (Å²) in [6, 6.07) is 9.60. The highest BCUT2D eigenvalue weighted by Gasteiger charge is 2.37. The van der Waals surface area contributed by atoms with Crippen LogP contribution in [-0.2, 0) is 10.3 Å². The summed E-state index contributed by atoms with van der Waals surface area (Å²) in [5.41, 5.74) is 3.55. The number of hydrogen-bond donors (Lipinski definition) is 1. The van der Waals surface area contributed by atoms with Crippen molar-refractivity contribution < 1.29 is 9.53 Å². The molecule has 0 unspecified atom stereocenters. The monoisotopic (exact) mass is 308 g/mol. The van der Waals surface area contributed by atoms with Gasteiger partial charge in [-0.25, -0.2) is 9.78 Å². The lowest BCUT2D eigenvalue weighted by Gasteiger charge is -2.36. The normalized spacial score (nSPS) is 16.3. The van der Waals surface area contributed by atoms with Gasteiger partial charge in [-0.05, 0) is 38.1 Å². The molecule has 0 saturated heterocycles. The quantitative estimate of drug-likeness (QED) is 0.747. The molecule has 0 spiro atoms. The standard InChI is InChI=1S/C17H16N4O2/c1-17(2)10-8-12-13(9-14(10)21(3)16(22)23-17)20-15(19-12)11-6-4-5-7-18-11/h4-9H,1-3H3,(H,19,20). The van der Waals surface area contributed by atoms with Crippen molar-refractivity contribution in [3.63, 3.8) is 0 Å². The Morgan fingerprint density at radius 1 is 1.26 bits per heavy atom. The first kappa shape index (κ1) is 13.8. The van der Waals surface area contributed by atoms with Crippen molar-refractivity contribution in [1.29, 1.82) is 0 Å². The predicted molar refractivity (Wildman–Crippen MR) is 87.2 cm³/mol. The van der Waals surface area contributed by atoms with Gasteiger partial charge in [-0.1, -0.05) is 6.07 Å². The highest BCUT2D eigenvalue weighted by molar-refractivity contribution is 5.95. The lowest BCUT2D eigenvalue weighted by Crippen LogP contribution is -2.41. The molecule has 1 aromatic carbocycles. The van der Waals surface area contributed by atoms with E-state index in [4.69, 9.17) is 4.74 Å². The van der Waals surface area contributed by atoms with E-state index < -0.39 is 5.60 Å². The van der Waals surface area contributed by atoms with Gasteiger partial charge in [0.2, 0.25) is 0 Å². The summed E-state index contributed by atoms with van der Waals surface area (Å²) in [5, 5.41) is 0. The lowest BCUT2D eigenvalue weighted by molar-refractivity contribution is 0.0363. The molecule has 23 heavy (non-hydrogen) atoms. The minimum absolute atomic E-state index is 0.359. The van der Waals surface area contributed by atoms with Crippen molar-refractivity contribution in [3.8, 4) is 11.5 Å². The Morgan fingerprint density at radius 3 is 2.83 bits per heavy atom. The van der Waals surface area contributed by atoms with Crippen molar-refractivity contribution >= 4 is 22.8 Å². The van der Waals surface area contributed by atoms with Crippen molar-refractivity contribution in [1.82, 2.24) is 15.0 Å². The number of hydrogen-bond acceptors (Lipinski definition) is 4. The molecule has 3 aromatic rings. The number of H-pyrrole nitrogens is 1. The van der Waals surface area contributed by atoms with Gasteiger partial charge in [-0.15, -0.1) is 0 Å². The van der Waals surface area contributed by atoms with Crippen LogP contribution in [0.25, 0.3) is 22.6 Å². The van der Waals surface area contributed by atoms with Crippen molar-refractivity contribution in [3.05, 3.63) is 42.1 Å². The molecule has 116 valence electrons. The van der Waals surface area contributed by atoms with Gasteiger partial charge in [-0.2, -0.15) is 0 Å². The second kappa shape index (κ2) is 4.55. The number of fused-ring (bicyclic) bond motifs is 2. The molecule has 0 radical (unpaired) electrons. The highest BCUT2D eigenvalue weighted by atomic mass is 16.6. The van der Waals surface area contributed by atoms with E-state index >= 15 is 0 Å². The maximum absolute atomic E-state index is 12.0. The van der Waals surface area contributed by atoms with Crippen LogP contribution in [0.1, 0.15) is 19.4 Å². The fraction of sp³-hybridized carbons (Fsp3) is 0.235. The van der Waals surface area contributed by atoms with E-state index in [1.165, 1.54) is 4.90 Å². The molecule has 6 heteroatoms. The third kappa shape index (κ3) is 2.06. The van der Waals surface area contributed by atoms with E-state index in [9.17, 15) is 4.79 Å². The van der Waals surface area contributed by atoms with Crippen LogP contribution in [0.3, 0.4) is 0 Å². The summed E-state index contributed by atoms with van der Waals surface area (Å²) in [7, 11) is 1.70. The Morgan fingerprint density at radius 2 is 2.09 bits per heavy atom. The number of imidazole rings is 1. The molecule has 0 bridgehead atoms. The summed E-state index contributed by atoms with van der Waals surface area (Å²) < 4.78 is 5.49. The molecule has 3 heterocycles. The number of nitrogens with zero attached hydrogens (tertiary/aromatic N) is 3. The minimum atomic E-state index is -0.677. The van der Waals surface area contributed by atoms with Gasteiger partial charge in [0, 0.05) is 18.8 Å². The second-order valence-electron chi connectivity index (χ2n) is 6.12. The van der Waals surface area contributed by atoms with Crippen LogP contribution in [0.2, 0.25) is 0 Å². The van der Waals surface area contributed by atoms with Gasteiger partial charge in [0.25, 0.3) is 0 Å². The second-order valence-corrected chi connectivity index (χ2v) is 6.12. The number of rotatable bonds is 1. The molecule has 1 N–H and O–H groups in total. The molecular formula is C17H16N4O2. The first-order valence-electron chi connectivity index (χ1n) is 7.38. The topological polar surface area (TPSA) is 71.1 Å². The number of aromatic amines is 1. The zero-order chi connectivity index (χ0) is 16.2. The van der Waals surface area contributed by atoms with E-state index in [0.29, 0.717) is 5.82 Å². The first-order valence-corrected chi connectivity index (χ1v) is 7.38. The van der Waals surface area contributed by atoms with E-state index in [0.717, 1.165) is 28.0 Å². The van der Waals surface area contributed by atoms with Crippen molar-refractivity contribution in [2.24, 2.45) is 0 Å². The number of pyridine rings is 1. The molecule has 1 aliphatic rings. The number of aromatic nitrogens is 3. The zero-order valence-corrected chi connectivity index (χ0v) is 13.1. The Kier molecular flexibility index (Phi) is 2.72. The highest BCUT2D eigenvalue weighted by Crippen LogP contribution is 2.40. The third-order valence-corrected chi connectivity index (χ3v) is 4.13. The van der Waals surface area contributed by atoms with Crippen LogP contribution in [0.15, 0.2) is 36.5 Å². The molecule has 0 aliphatic carbocycles. The number of carbonyl (C=O) groups excluding carboxylic acids is 1. The van der Waals surface area contributed by atoms with Gasteiger partial charge in [0.1, 0.15) is 11.3 Å². The maximum Gasteiger partial charge on any atom is 0.414 e. The predicted octanol–water partition coefficient (Wildman–Crippen LogP) is 3.45. The Balaban J connectivity index is 1.93. The van der Waals surface area contributed by atoms with Crippen LogP contribution < -0.4 is 4.90 Å². The van der Waals surface area contributed by atoms with Crippen LogP contribution in [0.5, 0.6) is 0 Å². The maximum atomic E-state index is 12.0. The van der Waals surface area contributed by atoms with Crippen molar-refractivity contribution in [2.45, 2.75) is 19.4 Å². The van der Waals surface area contributed by atoms with E-state index in [1.54, 1.807) is 13.2 Å².